The van der Waals surface area contributed by atoms with Crippen molar-refractivity contribution in [3.63, 3.8) is 0 Å². The number of ether oxygens (including phenoxy) is 1. The fourth-order valence-corrected chi connectivity index (χ4v) is 1.60. The fraction of sp³-hybridized carbons (Fsp3) is 0.417. The summed E-state index contributed by atoms with van der Waals surface area (Å²) in [7, 11) is 0. The van der Waals surface area contributed by atoms with Crippen LogP contribution in [0.3, 0.4) is 0 Å². The number of hydrogen-bond donors (Lipinski definition) is 1. The molecule has 0 bridgehead atoms. The van der Waals surface area contributed by atoms with E-state index in [2.05, 4.69) is 0 Å². The van der Waals surface area contributed by atoms with Crippen molar-refractivity contribution in [1.29, 1.82) is 0 Å². The van der Waals surface area contributed by atoms with Crippen molar-refractivity contribution in [2.45, 2.75) is 32.8 Å². The van der Waals surface area contributed by atoms with Gasteiger partial charge < -0.3 is 10.5 Å². The topological polar surface area (TPSA) is 52.3 Å². The number of anilines is 1. The number of nitrogens with two attached hydrogens (primary N) is 1. The summed E-state index contributed by atoms with van der Waals surface area (Å²) in [6.45, 7) is 3.90. The predicted octanol–water partition coefficient (Wildman–Crippen LogP) is 3.27. The number of hydrogen-bond acceptors (Lipinski definition) is 3. The molecule has 88 valence electrons. The van der Waals surface area contributed by atoms with Crippen LogP contribution in [0.1, 0.15) is 37.0 Å². The quantitative estimate of drug-likeness (QED) is 0.650. The molecule has 1 aromatic rings. The molecule has 0 aliphatic rings. The summed E-state index contributed by atoms with van der Waals surface area (Å²) in [4.78, 5) is 11.7. The van der Waals surface area contributed by atoms with Crippen LogP contribution in [0.15, 0.2) is 18.2 Å². The zero-order valence-corrected chi connectivity index (χ0v) is 10.3. The summed E-state index contributed by atoms with van der Waals surface area (Å²) in [5, 5.41) is 0.373. The second-order valence-corrected chi connectivity index (χ2v) is 4.11. The first-order chi connectivity index (χ1) is 7.56. The third-order valence-corrected chi connectivity index (χ3v) is 2.61. The number of esters is 1. The van der Waals surface area contributed by atoms with Gasteiger partial charge in [-0.2, -0.15) is 0 Å². The molecule has 16 heavy (non-hydrogen) atoms. The standard InChI is InChI=1S/C12H16ClNO2/c1-3-5-8(2)16-12(15)9-6-4-7-10(13)11(9)14/h4,6-8H,3,5,14H2,1-2H3. The van der Waals surface area contributed by atoms with Crippen molar-refractivity contribution in [1.82, 2.24) is 0 Å². The van der Waals surface area contributed by atoms with Crippen molar-refractivity contribution in [3.05, 3.63) is 28.8 Å². The van der Waals surface area contributed by atoms with E-state index in [1.54, 1.807) is 18.2 Å². The minimum Gasteiger partial charge on any atom is -0.459 e. The Kier molecular flexibility index (Phi) is 4.62. The number of carbonyl (C=O) groups is 1. The van der Waals surface area contributed by atoms with Gasteiger partial charge >= 0.3 is 5.97 Å². The van der Waals surface area contributed by atoms with Gasteiger partial charge in [-0.3, -0.25) is 0 Å². The zero-order valence-electron chi connectivity index (χ0n) is 9.50. The SMILES string of the molecule is CCCC(C)OC(=O)c1cccc(Cl)c1N. The van der Waals surface area contributed by atoms with Gasteiger partial charge in [-0.25, -0.2) is 4.79 Å². The smallest absolute Gasteiger partial charge is 0.340 e. The molecule has 1 rings (SSSR count). The average Bonchev–Trinajstić information content (AvgIpc) is 2.22. The van der Waals surface area contributed by atoms with Gasteiger partial charge in [0.15, 0.2) is 0 Å². The normalized spacial score (nSPS) is 12.2. The molecule has 0 aromatic heterocycles. The maximum absolute atomic E-state index is 11.7. The van der Waals surface area contributed by atoms with E-state index < -0.39 is 5.97 Å². The monoisotopic (exact) mass is 241 g/mol. The summed E-state index contributed by atoms with van der Waals surface area (Å²) in [6.07, 6.45) is 1.71. The Balaban J connectivity index is 2.77. The molecule has 4 heteroatoms. The van der Waals surface area contributed by atoms with E-state index in [-0.39, 0.29) is 11.8 Å². The van der Waals surface area contributed by atoms with Crippen LogP contribution < -0.4 is 5.73 Å². The van der Waals surface area contributed by atoms with E-state index in [4.69, 9.17) is 22.1 Å². The van der Waals surface area contributed by atoms with Gasteiger partial charge in [-0.15, -0.1) is 0 Å². The molecule has 0 aliphatic carbocycles. The molecule has 0 radical (unpaired) electrons. The van der Waals surface area contributed by atoms with Gasteiger partial charge in [0.2, 0.25) is 0 Å². The largest absolute Gasteiger partial charge is 0.459 e. The molecule has 1 aromatic carbocycles. The van der Waals surface area contributed by atoms with Crippen LogP contribution in [0.25, 0.3) is 0 Å². The molecule has 1 atom stereocenters. The Morgan fingerprint density at radius 3 is 2.88 bits per heavy atom. The Hall–Kier alpha value is -1.22. The number of benzene rings is 1. The van der Waals surface area contributed by atoms with E-state index in [1.807, 2.05) is 13.8 Å². The number of nitrogen functional groups attached to an aromatic ring is 1. The molecule has 0 fully saturated rings. The number of para-hydroxylation sites is 1. The molecular formula is C12H16ClNO2. The van der Waals surface area contributed by atoms with E-state index in [1.165, 1.54) is 0 Å². The Bertz CT molecular complexity index is 379. The van der Waals surface area contributed by atoms with Gasteiger partial charge in [-0.1, -0.05) is 31.0 Å². The van der Waals surface area contributed by atoms with Crippen molar-refractivity contribution < 1.29 is 9.53 Å². The van der Waals surface area contributed by atoms with E-state index in [0.717, 1.165) is 12.8 Å². The summed E-state index contributed by atoms with van der Waals surface area (Å²) in [5.74, 6) is -0.416. The maximum atomic E-state index is 11.7. The lowest BCUT2D eigenvalue weighted by atomic mass is 10.2. The first-order valence-electron chi connectivity index (χ1n) is 5.31. The third-order valence-electron chi connectivity index (χ3n) is 2.28. The van der Waals surface area contributed by atoms with Crippen LogP contribution in [0.2, 0.25) is 5.02 Å². The van der Waals surface area contributed by atoms with Crippen LogP contribution in [-0.2, 0) is 4.74 Å². The highest BCUT2D eigenvalue weighted by molar-refractivity contribution is 6.33. The average molecular weight is 242 g/mol. The lowest BCUT2D eigenvalue weighted by molar-refractivity contribution is 0.0325. The van der Waals surface area contributed by atoms with Crippen LogP contribution in [0.4, 0.5) is 5.69 Å². The molecule has 0 heterocycles. The number of rotatable bonds is 4. The van der Waals surface area contributed by atoms with Crippen molar-refractivity contribution >= 4 is 23.3 Å². The van der Waals surface area contributed by atoms with Gasteiger partial charge in [0.25, 0.3) is 0 Å². The zero-order chi connectivity index (χ0) is 12.1. The highest BCUT2D eigenvalue weighted by Crippen LogP contribution is 2.23. The van der Waals surface area contributed by atoms with Gasteiger partial charge in [-0.05, 0) is 25.5 Å². The van der Waals surface area contributed by atoms with E-state index in [0.29, 0.717) is 10.6 Å². The molecule has 0 saturated heterocycles. The van der Waals surface area contributed by atoms with Gasteiger partial charge in [0.1, 0.15) is 0 Å². The minimum atomic E-state index is -0.416. The van der Waals surface area contributed by atoms with Gasteiger partial charge in [0, 0.05) is 0 Å². The third kappa shape index (κ3) is 3.14. The maximum Gasteiger partial charge on any atom is 0.340 e. The van der Waals surface area contributed by atoms with Crippen LogP contribution in [-0.4, -0.2) is 12.1 Å². The summed E-state index contributed by atoms with van der Waals surface area (Å²) in [5.41, 5.74) is 6.31. The van der Waals surface area contributed by atoms with Crippen molar-refractivity contribution in [2.75, 3.05) is 5.73 Å². The van der Waals surface area contributed by atoms with Crippen LogP contribution in [0, 0.1) is 0 Å². The molecule has 0 aliphatic heterocycles. The summed E-state index contributed by atoms with van der Waals surface area (Å²) >= 11 is 5.82. The lowest BCUT2D eigenvalue weighted by Crippen LogP contribution is -2.16. The predicted molar refractivity (Wildman–Crippen MR) is 65.6 cm³/mol. The number of carbonyl (C=O) groups excluding carboxylic acids is 1. The van der Waals surface area contributed by atoms with Gasteiger partial charge in [0.05, 0.1) is 22.4 Å². The molecule has 1 unspecified atom stereocenters. The summed E-state index contributed by atoms with van der Waals surface area (Å²) < 4.78 is 5.24. The van der Waals surface area contributed by atoms with Crippen molar-refractivity contribution in [3.8, 4) is 0 Å². The molecular weight excluding hydrogens is 226 g/mol. The Morgan fingerprint density at radius 2 is 2.25 bits per heavy atom. The van der Waals surface area contributed by atoms with Crippen LogP contribution >= 0.6 is 11.6 Å². The molecule has 0 amide bonds. The fourth-order valence-electron chi connectivity index (χ4n) is 1.43. The Labute approximate surface area is 101 Å². The first-order valence-corrected chi connectivity index (χ1v) is 5.69. The van der Waals surface area contributed by atoms with Crippen LogP contribution in [0.5, 0.6) is 0 Å². The second kappa shape index (κ2) is 5.75. The molecule has 0 spiro atoms. The molecule has 0 saturated carbocycles. The van der Waals surface area contributed by atoms with E-state index >= 15 is 0 Å². The molecule has 2 N–H and O–H groups in total. The van der Waals surface area contributed by atoms with Crippen molar-refractivity contribution in [2.24, 2.45) is 0 Å². The highest BCUT2D eigenvalue weighted by Gasteiger charge is 2.15. The highest BCUT2D eigenvalue weighted by atomic mass is 35.5. The second-order valence-electron chi connectivity index (χ2n) is 3.71. The number of halogens is 1. The molecule has 3 nitrogen and oxygen atoms in total. The first kappa shape index (κ1) is 12.8. The lowest BCUT2D eigenvalue weighted by Gasteiger charge is -2.13. The minimum absolute atomic E-state index is 0.101. The Morgan fingerprint density at radius 1 is 1.56 bits per heavy atom. The van der Waals surface area contributed by atoms with E-state index in [9.17, 15) is 4.79 Å². The summed E-state index contributed by atoms with van der Waals surface area (Å²) in [6, 6.07) is 4.94.